The molecule has 0 saturated heterocycles. The van der Waals surface area contributed by atoms with Crippen molar-refractivity contribution in [2.45, 2.75) is 57.9 Å². The number of alkyl carbamates (subject to hydrolysis) is 1. The number of ether oxygens (including phenoxy) is 1. The lowest BCUT2D eigenvalue weighted by Gasteiger charge is -2.31. The maximum Gasteiger partial charge on any atom is 0.407 e. The molecule has 3 N–H and O–H groups in total. The van der Waals surface area contributed by atoms with E-state index in [-0.39, 0.29) is 30.9 Å². The molecular formula is C28H34N2O5. The van der Waals surface area contributed by atoms with Gasteiger partial charge in [0.05, 0.1) is 5.41 Å². The van der Waals surface area contributed by atoms with Gasteiger partial charge in [-0.2, -0.15) is 0 Å². The third kappa shape index (κ3) is 5.04. The lowest BCUT2D eigenvalue weighted by Crippen LogP contribution is -2.53. The minimum absolute atomic E-state index is 0.0382. The van der Waals surface area contributed by atoms with Gasteiger partial charge in [-0.15, -0.1) is 0 Å². The summed E-state index contributed by atoms with van der Waals surface area (Å²) in [6.07, 6.45) is 3.01. The van der Waals surface area contributed by atoms with Gasteiger partial charge < -0.3 is 20.5 Å². The largest absolute Gasteiger partial charge is 0.480 e. The van der Waals surface area contributed by atoms with Crippen LogP contribution in [0.4, 0.5) is 4.79 Å². The van der Waals surface area contributed by atoms with Crippen molar-refractivity contribution in [3.8, 4) is 11.1 Å². The quantitative estimate of drug-likeness (QED) is 0.485. The number of rotatable bonds is 9. The van der Waals surface area contributed by atoms with Gasteiger partial charge in [-0.1, -0.05) is 81.6 Å². The average Bonchev–Trinajstić information content (AvgIpc) is 3.48. The molecule has 7 nitrogen and oxygen atoms in total. The third-order valence-corrected chi connectivity index (χ3v) is 7.72. The molecule has 1 saturated carbocycles. The van der Waals surface area contributed by atoms with Gasteiger partial charge in [0.1, 0.15) is 12.6 Å². The van der Waals surface area contributed by atoms with Crippen LogP contribution >= 0.6 is 0 Å². The van der Waals surface area contributed by atoms with E-state index < -0.39 is 23.5 Å². The van der Waals surface area contributed by atoms with Crippen molar-refractivity contribution in [1.82, 2.24) is 10.6 Å². The Bertz CT molecular complexity index is 1050. The SMILES string of the molecule is CCC(C)[C@H](NC(=O)C1(CNC(=O)OCC2c3ccccc3-c3ccccc32)CCCC1)C(=O)O. The zero-order valence-corrected chi connectivity index (χ0v) is 20.4. The number of hydrogen-bond donors (Lipinski definition) is 3. The summed E-state index contributed by atoms with van der Waals surface area (Å²) < 4.78 is 5.62. The van der Waals surface area contributed by atoms with Crippen molar-refractivity contribution in [2.75, 3.05) is 13.2 Å². The molecule has 35 heavy (non-hydrogen) atoms. The lowest BCUT2D eigenvalue weighted by atomic mass is 9.84. The molecule has 2 amide bonds. The summed E-state index contributed by atoms with van der Waals surface area (Å²) in [5.74, 6) is -1.57. The zero-order valence-electron chi connectivity index (χ0n) is 20.4. The first-order valence-electron chi connectivity index (χ1n) is 12.5. The van der Waals surface area contributed by atoms with Crippen molar-refractivity contribution in [2.24, 2.45) is 11.3 Å². The van der Waals surface area contributed by atoms with E-state index in [4.69, 9.17) is 4.74 Å². The van der Waals surface area contributed by atoms with Gasteiger partial charge in [-0.25, -0.2) is 9.59 Å². The van der Waals surface area contributed by atoms with Crippen LogP contribution in [0.5, 0.6) is 0 Å². The van der Waals surface area contributed by atoms with Crippen LogP contribution in [-0.4, -0.2) is 42.3 Å². The highest BCUT2D eigenvalue weighted by atomic mass is 16.5. The molecule has 0 bridgehead atoms. The van der Waals surface area contributed by atoms with Crippen molar-refractivity contribution < 1.29 is 24.2 Å². The smallest absolute Gasteiger partial charge is 0.407 e. The van der Waals surface area contributed by atoms with Gasteiger partial charge in [0, 0.05) is 12.5 Å². The van der Waals surface area contributed by atoms with E-state index in [0.29, 0.717) is 19.3 Å². The fourth-order valence-electron chi connectivity index (χ4n) is 5.40. The number of aliphatic carboxylic acids is 1. The molecule has 186 valence electrons. The van der Waals surface area contributed by atoms with E-state index in [1.54, 1.807) is 0 Å². The number of carbonyl (C=O) groups excluding carboxylic acids is 2. The maximum atomic E-state index is 13.2. The number of amides is 2. The first-order valence-corrected chi connectivity index (χ1v) is 12.5. The Hall–Kier alpha value is -3.35. The molecule has 0 radical (unpaired) electrons. The van der Waals surface area contributed by atoms with E-state index in [2.05, 4.69) is 34.9 Å². The summed E-state index contributed by atoms with van der Waals surface area (Å²) in [5, 5.41) is 15.1. The lowest BCUT2D eigenvalue weighted by molar-refractivity contribution is -0.145. The molecule has 1 unspecified atom stereocenters. The van der Waals surface area contributed by atoms with Gasteiger partial charge in [0.2, 0.25) is 5.91 Å². The van der Waals surface area contributed by atoms with E-state index in [1.807, 2.05) is 38.1 Å². The second kappa shape index (κ2) is 10.5. The second-order valence-corrected chi connectivity index (χ2v) is 9.84. The number of benzene rings is 2. The molecule has 4 rings (SSSR count). The zero-order chi connectivity index (χ0) is 25.0. The average molecular weight is 479 g/mol. The molecule has 7 heteroatoms. The van der Waals surface area contributed by atoms with E-state index in [1.165, 1.54) is 0 Å². The first kappa shape index (κ1) is 24.8. The number of nitrogens with one attached hydrogen (secondary N) is 2. The molecular weight excluding hydrogens is 444 g/mol. The molecule has 0 heterocycles. The van der Waals surface area contributed by atoms with Crippen molar-refractivity contribution >= 4 is 18.0 Å². The number of carbonyl (C=O) groups is 3. The van der Waals surface area contributed by atoms with E-state index >= 15 is 0 Å². The number of carboxylic acid groups (broad SMARTS) is 1. The monoisotopic (exact) mass is 478 g/mol. The third-order valence-electron chi connectivity index (χ3n) is 7.72. The van der Waals surface area contributed by atoms with Crippen LogP contribution in [0.15, 0.2) is 48.5 Å². The Balaban J connectivity index is 1.38. The Kier molecular flexibility index (Phi) is 7.43. The van der Waals surface area contributed by atoms with Crippen LogP contribution in [0.25, 0.3) is 11.1 Å². The number of carboxylic acids is 1. The van der Waals surface area contributed by atoms with Gasteiger partial charge in [0.15, 0.2) is 0 Å². The highest BCUT2D eigenvalue weighted by Crippen LogP contribution is 2.44. The summed E-state index contributed by atoms with van der Waals surface area (Å²) in [6, 6.07) is 15.3. The molecule has 2 aromatic rings. The van der Waals surface area contributed by atoms with Crippen LogP contribution in [0, 0.1) is 11.3 Å². The Morgan fingerprint density at radius 3 is 2.14 bits per heavy atom. The molecule has 0 aliphatic heterocycles. The predicted octanol–water partition coefficient (Wildman–Crippen LogP) is 4.70. The fourth-order valence-corrected chi connectivity index (χ4v) is 5.40. The number of fused-ring (bicyclic) bond motifs is 3. The van der Waals surface area contributed by atoms with Crippen LogP contribution in [-0.2, 0) is 14.3 Å². The highest BCUT2D eigenvalue weighted by Gasteiger charge is 2.43. The molecule has 2 aliphatic carbocycles. The summed E-state index contributed by atoms with van der Waals surface area (Å²) in [7, 11) is 0. The van der Waals surface area contributed by atoms with E-state index in [0.717, 1.165) is 35.1 Å². The van der Waals surface area contributed by atoms with E-state index in [9.17, 15) is 19.5 Å². The van der Waals surface area contributed by atoms with Crippen molar-refractivity contribution in [3.63, 3.8) is 0 Å². The molecule has 0 aromatic heterocycles. The van der Waals surface area contributed by atoms with Gasteiger partial charge in [0.25, 0.3) is 0 Å². The summed E-state index contributed by atoms with van der Waals surface area (Å²) in [6.45, 7) is 4.04. The van der Waals surface area contributed by atoms with Crippen LogP contribution in [0.3, 0.4) is 0 Å². The second-order valence-electron chi connectivity index (χ2n) is 9.84. The highest BCUT2D eigenvalue weighted by molar-refractivity contribution is 5.88. The maximum absolute atomic E-state index is 13.2. The van der Waals surface area contributed by atoms with Gasteiger partial charge >= 0.3 is 12.1 Å². The predicted molar refractivity (Wildman–Crippen MR) is 133 cm³/mol. The van der Waals surface area contributed by atoms with Crippen LogP contribution in [0.1, 0.15) is 63.0 Å². The fraction of sp³-hybridized carbons (Fsp3) is 0.464. The molecule has 1 fully saturated rings. The standard InChI is InChI=1S/C28H34N2O5/c1-3-18(2)24(25(31)32)30-26(33)28(14-8-9-15-28)17-29-27(34)35-16-23-21-12-6-4-10-19(21)20-11-5-7-13-22(20)23/h4-7,10-13,18,23-24H,3,8-9,14-17H2,1-2H3,(H,29,34)(H,30,33)(H,31,32)/t18?,24-/m0/s1. The Morgan fingerprint density at radius 2 is 1.60 bits per heavy atom. The number of hydrogen-bond acceptors (Lipinski definition) is 4. The molecule has 2 aliphatic rings. The molecule has 2 atom stereocenters. The Labute approximate surface area is 206 Å². The van der Waals surface area contributed by atoms with Crippen molar-refractivity contribution in [3.05, 3.63) is 59.7 Å². The van der Waals surface area contributed by atoms with Gasteiger partial charge in [-0.05, 0) is 41.0 Å². The minimum Gasteiger partial charge on any atom is -0.480 e. The summed E-state index contributed by atoms with van der Waals surface area (Å²) >= 11 is 0. The summed E-state index contributed by atoms with van der Waals surface area (Å²) in [4.78, 5) is 37.6. The summed E-state index contributed by atoms with van der Waals surface area (Å²) in [5.41, 5.74) is 3.78. The normalized spacial score (nSPS) is 17.7. The van der Waals surface area contributed by atoms with Crippen LogP contribution < -0.4 is 10.6 Å². The van der Waals surface area contributed by atoms with Gasteiger partial charge in [-0.3, -0.25) is 4.79 Å². The first-order chi connectivity index (χ1) is 16.9. The minimum atomic E-state index is -1.04. The van der Waals surface area contributed by atoms with Crippen molar-refractivity contribution in [1.29, 1.82) is 0 Å². The Morgan fingerprint density at radius 1 is 1.03 bits per heavy atom. The topological polar surface area (TPSA) is 105 Å². The van der Waals surface area contributed by atoms with Crippen LogP contribution in [0.2, 0.25) is 0 Å². The molecule has 0 spiro atoms. The molecule has 2 aromatic carbocycles.